The smallest absolute Gasteiger partial charge is 0.310 e. The van der Waals surface area contributed by atoms with Gasteiger partial charge >= 0.3 is 5.97 Å². The summed E-state index contributed by atoms with van der Waals surface area (Å²) in [4.78, 5) is 13.4. The lowest BCUT2D eigenvalue weighted by Gasteiger charge is -2.30. The van der Waals surface area contributed by atoms with Gasteiger partial charge in [0.15, 0.2) is 0 Å². The third-order valence-corrected chi connectivity index (χ3v) is 3.97. The molecule has 5 heteroatoms. The second kappa shape index (κ2) is 7.00. The van der Waals surface area contributed by atoms with Crippen molar-refractivity contribution in [1.29, 1.82) is 0 Å². The number of aryl methyl sites for hydroxylation is 1. The highest BCUT2D eigenvalue weighted by molar-refractivity contribution is 5.71. The van der Waals surface area contributed by atoms with Gasteiger partial charge in [0.1, 0.15) is 5.82 Å². The van der Waals surface area contributed by atoms with Gasteiger partial charge in [0.05, 0.1) is 19.1 Å². The van der Waals surface area contributed by atoms with E-state index in [0.717, 1.165) is 18.5 Å². The van der Waals surface area contributed by atoms with Crippen LogP contribution in [0.25, 0.3) is 0 Å². The van der Waals surface area contributed by atoms with Gasteiger partial charge in [-0.05, 0) is 37.1 Å². The molecule has 0 radical (unpaired) electrons. The first-order chi connectivity index (χ1) is 10.0. The van der Waals surface area contributed by atoms with Gasteiger partial charge in [-0.2, -0.15) is 0 Å². The zero-order chi connectivity index (χ0) is 15.4. The van der Waals surface area contributed by atoms with Gasteiger partial charge in [-0.15, -0.1) is 0 Å². The van der Waals surface area contributed by atoms with Gasteiger partial charge < -0.3 is 9.84 Å². The Morgan fingerprint density at radius 3 is 2.86 bits per heavy atom. The quantitative estimate of drug-likeness (QED) is 0.876. The van der Waals surface area contributed by atoms with E-state index in [4.69, 9.17) is 4.74 Å². The monoisotopic (exact) mass is 295 g/mol. The summed E-state index contributed by atoms with van der Waals surface area (Å²) in [6.45, 7) is 5.77. The normalized spacial score (nSPS) is 21.9. The fourth-order valence-corrected chi connectivity index (χ4v) is 2.76. The van der Waals surface area contributed by atoms with E-state index in [-0.39, 0.29) is 18.5 Å². The summed E-state index contributed by atoms with van der Waals surface area (Å²) in [6.07, 6.45) is 0.914. The Labute approximate surface area is 124 Å². The number of carbonyl (C=O) groups is 1. The van der Waals surface area contributed by atoms with E-state index in [9.17, 15) is 14.3 Å². The van der Waals surface area contributed by atoms with Crippen LogP contribution in [-0.2, 0) is 16.1 Å². The van der Waals surface area contributed by atoms with Crippen LogP contribution < -0.4 is 0 Å². The van der Waals surface area contributed by atoms with Crippen LogP contribution in [0.2, 0.25) is 0 Å². The Bertz CT molecular complexity index is 506. The van der Waals surface area contributed by atoms with Gasteiger partial charge in [0.25, 0.3) is 0 Å². The molecule has 21 heavy (non-hydrogen) atoms. The van der Waals surface area contributed by atoms with Crippen LogP contribution in [0.15, 0.2) is 18.2 Å². The third-order valence-electron chi connectivity index (χ3n) is 3.97. The number of benzene rings is 1. The number of aliphatic carboxylic acids is 1. The molecule has 0 amide bonds. The Morgan fingerprint density at radius 2 is 2.24 bits per heavy atom. The standard InChI is InChI=1S/C16H22FNO3/c1-3-6-18(15-10-21-9-13(15)16(19)20)8-12-5-4-11(2)14(17)7-12/h4-5,7,13,15H,3,6,8-10H2,1-2H3,(H,19,20). The zero-order valence-electron chi connectivity index (χ0n) is 12.5. The van der Waals surface area contributed by atoms with Crippen molar-refractivity contribution in [3.05, 3.63) is 35.1 Å². The van der Waals surface area contributed by atoms with E-state index < -0.39 is 11.9 Å². The second-order valence-corrected chi connectivity index (χ2v) is 5.60. The van der Waals surface area contributed by atoms with E-state index in [1.165, 1.54) is 6.07 Å². The lowest BCUT2D eigenvalue weighted by molar-refractivity contribution is -0.143. The summed E-state index contributed by atoms with van der Waals surface area (Å²) in [5, 5.41) is 9.28. The highest BCUT2D eigenvalue weighted by atomic mass is 19.1. The fraction of sp³-hybridized carbons (Fsp3) is 0.562. The summed E-state index contributed by atoms with van der Waals surface area (Å²) in [7, 11) is 0. The largest absolute Gasteiger partial charge is 0.481 e. The molecule has 1 fully saturated rings. The van der Waals surface area contributed by atoms with Gasteiger partial charge in [0.2, 0.25) is 0 Å². The summed E-state index contributed by atoms with van der Waals surface area (Å²) >= 11 is 0. The number of hydrogen-bond acceptors (Lipinski definition) is 3. The maximum atomic E-state index is 13.7. The summed E-state index contributed by atoms with van der Waals surface area (Å²) < 4.78 is 19.0. The van der Waals surface area contributed by atoms with E-state index in [0.29, 0.717) is 18.7 Å². The Kier molecular flexibility index (Phi) is 5.31. The van der Waals surface area contributed by atoms with Crippen molar-refractivity contribution < 1.29 is 19.0 Å². The third kappa shape index (κ3) is 3.80. The first kappa shape index (κ1) is 15.9. The van der Waals surface area contributed by atoms with Crippen molar-refractivity contribution in [2.45, 2.75) is 32.9 Å². The van der Waals surface area contributed by atoms with E-state index in [2.05, 4.69) is 4.90 Å². The second-order valence-electron chi connectivity index (χ2n) is 5.60. The SMILES string of the molecule is CCCN(Cc1ccc(C)c(F)c1)C1COCC1C(=O)O. The molecular formula is C16H22FNO3. The molecule has 116 valence electrons. The number of carboxylic acid groups (broad SMARTS) is 1. The van der Waals surface area contributed by atoms with Crippen molar-refractivity contribution >= 4 is 5.97 Å². The van der Waals surface area contributed by atoms with Crippen molar-refractivity contribution in [3.8, 4) is 0 Å². The van der Waals surface area contributed by atoms with Gasteiger partial charge in [-0.1, -0.05) is 19.1 Å². The lowest BCUT2D eigenvalue weighted by Crippen LogP contribution is -2.43. The van der Waals surface area contributed by atoms with Gasteiger partial charge in [-0.25, -0.2) is 4.39 Å². The molecule has 1 aliphatic rings. The molecule has 2 atom stereocenters. The Balaban J connectivity index is 2.14. The van der Waals surface area contributed by atoms with Crippen molar-refractivity contribution in [1.82, 2.24) is 4.90 Å². The number of rotatable bonds is 6. The molecule has 1 saturated heterocycles. The molecule has 0 bridgehead atoms. The molecule has 2 rings (SSSR count). The Hall–Kier alpha value is -1.46. The number of hydrogen-bond donors (Lipinski definition) is 1. The summed E-state index contributed by atoms with van der Waals surface area (Å²) in [5.74, 6) is -1.55. The topological polar surface area (TPSA) is 49.8 Å². The molecule has 1 aromatic carbocycles. The molecule has 0 aromatic heterocycles. The van der Waals surface area contributed by atoms with E-state index in [1.54, 1.807) is 13.0 Å². The van der Waals surface area contributed by atoms with Crippen molar-refractivity contribution in [2.24, 2.45) is 5.92 Å². The fourth-order valence-electron chi connectivity index (χ4n) is 2.76. The molecule has 0 spiro atoms. The molecule has 4 nitrogen and oxygen atoms in total. The zero-order valence-corrected chi connectivity index (χ0v) is 12.5. The molecule has 0 aliphatic carbocycles. The van der Waals surface area contributed by atoms with Crippen LogP contribution in [0, 0.1) is 18.7 Å². The highest BCUT2D eigenvalue weighted by Gasteiger charge is 2.37. The molecule has 1 N–H and O–H groups in total. The van der Waals surface area contributed by atoms with Crippen molar-refractivity contribution in [3.63, 3.8) is 0 Å². The van der Waals surface area contributed by atoms with Crippen LogP contribution in [-0.4, -0.2) is 41.8 Å². The lowest BCUT2D eigenvalue weighted by atomic mass is 10.0. The summed E-state index contributed by atoms with van der Waals surface area (Å²) in [5.41, 5.74) is 1.48. The number of halogens is 1. The van der Waals surface area contributed by atoms with Crippen LogP contribution in [0.4, 0.5) is 4.39 Å². The number of carboxylic acids is 1. The van der Waals surface area contributed by atoms with Crippen LogP contribution >= 0.6 is 0 Å². The number of ether oxygens (including phenoxy) is 1. The summed E-state index contributed by atoms with van der Waals surface area (Å²) in [6, 6.07) is 5.04. The van der Waals surface area contributed by atoms with Gasteiger partial charge in [0, 0.05) is 12.6 Å². The first-order valence-electron chi connectivity index (χ1n) is 7.32. The van der Waals surface area contributed by atoms with E-state index in [1.807, 2.05) is 13.0 Å². The number of nitrogens with zero attached hydrogens (tertiary/aromatic N) is 1. The highest BCUT2D eigenvalue weighted by Crippen LogP contribution is 2.23. The maximum absolute atomic E-state index is 13.7. The molecule has 0 saturated carbocycles. The minimum absolute atomic E-state index is 0.146. The van der Waals surface area contributed by atoms with E-state index >= 15 is 0 Å². The average Bonchev–Trinajstić information content (AvgIpc) is 2.92. The van der Waals surface area contributed by atoms with Crippen molar-refractivity contribution in [2.75, 3.05) is 19.8 Å². The Morgan fingerprint density at radius 1 is 1.48 bits per heavy atom. The predicted molar refractivity (Wildman–Crippen MR) is 77.6 cm³/mol. The first-order valence-corrected chi connectivity index (χ1v) is 7.32. The molecular weight excluding hydrogens is 273 g/mol. The van der Waals surface area contributed by atoms with Gasteiger partial charge in [-0.3, -0.25) is 9.69 Å². The van der Waals surface area contributed by atoms with Crippen LogP contribution in [0.5, 0.6) is 0 Å². The molecule has 1 aliphatic heterocycles. The van der Waals surface area contributed by atoms with Crippen LogP contribution in [0.1, 0.15) is 24.5 Å². The predicted octanol–water partition coefficient (Wildman–Crippen LogP) is 2.45. The molecule has 1 heterocycles. The maximum Gasteiger partial charge on any atom is 0.310 e. The minimum Gasteiger partial charge on any atom is -0.481 e. The average molecular weight is 295 g/mol. The molecule has 1 aromatic rings. The molecule has 2 unspecified atom stereocenters. The van der Waals surface area contributed by atoms with Crippen LogP contribution in [0.3, 0.4) is 0 Å². The minimum atomic E-state index is -0.825.